The fourth-order valence-corrected chi connectivity index (χ4v) is 4.93. The first kappa shape index (κ1) is 20.9. The lowest BCUT2D eigenvalue weighted by Gasteiger charge is -2.41. The summed E-state index contributed by atoms with van der Waals surface area (Å²) >= 11 is 0. The van der Waals surface area contributed by atoms with Gasteiger partial charge in [-0.05, 0) is 56.7 Å². The van der Waals surface area contributed by atoms with Gasteiger partial charge in [-0.3, -0.25) is 14.8 Å². The minimum atomic E-state index is -0.0406. The molecule has 0 radical (unpaired) electrons. The summed E-state index contributed by atoms with van der Waals surface area (Å²) in [6, 6.07) is 4.70. The van der Waals surface area contributed by atoms with Crippen LogP contribution in [0.4, 0.5) is 0 Å². The molecule has 2 aliphatic rings. The predicted octanol–water partition coefficient (Wildman–Crippen LogP) is 3.87. The predicted molar refractivity (Wildman–Crippen MR) is 117 cm³/mol. The zero-order valence-corrected chi connectivity index (χ0v) is 18.0. The van der Waals surface area contributed by atoms with Crippen LogP contribution in [-0.4, -0.2) is 56.3 Å². The maximum atomic E-state index is 13.3. The van der Waals surface area contributed by atoms with Crippen molar-refractivity contribution in [2.45, 2.75) is 64.5 Å². The Balaban J connectivity index is 1.47. The van der Waals surface area contributed by atoms with Crippen LogP contribution in [0, 0.1) is 12.8 Å². The fraction of sp³-hybridized carbons (Fsp3) is 0.583. The fourth-order valence-electron chi connectivity index (χ4n) is 4.93. The van der Waals surface area contributed by atoms with E-state index < -0.39 is 0 Å². The van der Waals surface area contributed by atoms with Gasteiger partial charge in [0, 0.05) is 44.3 Å². The molecule has 2 aromatic heterocycles. The molecule has 160 valence electrons. The molecule has 0 N–H and O–H groups in total. The van der Waals surface area contributed by atoms with E-state index in [0.29, 0.717) is 18.2 Å². The number of hydrogen-bond donors (Lipinski definition) is 0. The van der Waals surface area contributed by atoms with Crippen molar-refractivity contribution >= 4 is 5.91 Å². The number of carbonyl (C=O) groups is 1. The second kappa shape index (κ2) is 10.1. The molecule has 6 heteroatoms. The van der Waals surface area contributed by atoms with Crippen LogP contribution in [0.25, 0.3) is 0 Å². The third-order valence-electron chi connectivity index (χ3n) is 6.50. The molecule has 0 aromatic carbocycles. The average Bonchev–Trinajstić information content (AvgIpc) is 2.80. The first-order chi connectivity index (χ1) is 14.7. The third-order valence-corrected chi connectivity index (χ3v) is 6.50. The lowest BCUT2D eigenvalue weighted by Crippen LogP contribution is -2.47. The number of likely N-dealkylation sites (tertiary alicyclic amines) is 1. The highest BCUT2D eigenvalue weighted by Gasteiger charge is 2.29. The molecule has 30 heavy (non-hydrogen) atoms. The Hall–Kier alpha value is -2.34. The summed E-state index contributed by atoms with van der Waals surface area (Å²) in [5, 5.41) is 0. The van der Waals surface area contributed by atoms with Crippen LogP contribution in [0.15, 0.2) is 36.9 Å². The topological polar surface area (TPSA) is 62.2 Å². The number of carbonyl (C=O) groups excluding carboxylic acids is 1. The number of piperidine rings is 1. The molecule has 1 aliphatic carbocycles. The van der Waals surface area contributed by atoms with Gasteiger partial charge in [-0.2, -0.15) is 0 Å². The lowest BCUT2D eigenvalue weighted by atomic mass is 9.90. The van der Waals surface area contributed by atoms with Crippen LogP contribution >= 0.6 is 0 Å². The van der Waals surface area contributed by atoms with Gasteiger partial charge in [0.05, 0.1) is 11.9 Å². The first-order valence-electron chi connectivity index (χ1n) is 11.4. The van der Waals surface area contributed by atoms with Crippen molar-refractivity contribution in [2.24, 2.45) is 5.92 Å². The van der Waals surface area contributed by atoms with E-state index in [4.69, 9.17) is 0 Å². The normalized spacial score (nSPS) is 20.8. The SMILES string of the molecule is Cc1cnc(C(=O)N(Cc2cccnc2)CC2CCCN(C3CCCCC3)C2)cn1. The summed E-state index contributed by atoms with van der Waals surface area (Å²) < 4.78 is 0. The zero-order valence-electron chi connectivity index (χ0n) is 18.0. The number of rotatable bonds is 6. The molecular weight excluding hydrogens is 374 g/mol. The molecule has 1 aliphatic heterocycles. The van der Waals surface area contributed by atoms with Gasteiger partial charge >= 0.3 is 0 Å². The molecule has 0 bridgehead atoms. The summed E-state index contributed by atoms with van der Waals surface area (Å²) in [4.78, 5) is 30.8. The third kappa shape index (κ3) is 5.42. The quantitative estimate of drug-likeness (QED) is 0.727. The Morgan fingerprint density at radius 2 is 1.97 bits per heavy atom. The summed E-state index contributed by atoms with van der Waals surface area (Å²) in [5.74, 6) is 0.459. The first-order valence-corrected chi connectivity index (χ1v) is 11.4. The minimum Gasteiger partial charge on any atom is -0.333 e. The van der Waals surface area contributed by atoms with Gasteiger partial charge in [0.25, 0.3) is 5.91 Å². The standard InChI is InChI=1S/C24H33N5O/c1-19-13-27-23(15-26-19)24(30)29(16-20-7-5-11-25-14-20)18-21-8-6-12-28(17-21)22-9-3-2-4-10-22/h5,7,11,13-15,21-22H,2-4,6,8-10,12,16-18H2,1H3. The molecule has 1 atom stereocenters. The van der Waals surface area contributed by atoms with Crippen molar-refractivity contribution in [3.05, 3.63) is 53.9 Å². The maximum absolute atomic E-state index is 13.3. The molecule has 4 rings (SSSR count). The van der Waals surface area contributed by atoms with Gasteiger partial charge in [-0.15, -0.1) is 0 Å². The Bertz CT molecular complexity index is 804. The summed E-state index contributed by atoms with van der Waals surface area (Å²) in [6.07, 6.45) is 16.1. The molecule has 0 spiro atoms. The van der Waals surface area contributed by atoms with Crippen LogP contribution in [-0.2, 0) is 6.54 Å². The molecule has 2 aromatic rings. The summed E-state index contributed by atoms with van der Waals surface area (Å²) in [7, 11) is 0. The second-order valence-electron chi connectivity index (χ2n) is 8.88. The van der Waals surface area contributed by atoms with Crippen molar-refractivity contribution in [1.29, 1.82) is 0 Å². The summed E-state index contributed by atoms with van der Waals surface area (Å²) in [5.41, 5.74) is 2.29. The highest BCUT2D eigenvalue weighted by atomic mass is 16.2. The van der Waals surface area contributed by atoms with E-state index >= 15 is 0 Å². The van der Waals surface area contributed by atoms with Crippen molar-refractivity contribution in [3.63, 3.8) is 0 Å². The molecule has 6 nitrogen and oxygen atoms in total. The molecule has 1 saturated carbocycles. The van der Waals surface area contributed by atoms with Crippen molar-refractivity contribution in [3.8, 4) is 0 Å². The van der Waals surface area contributed by atoms with E-state index in [0.717, 1.165) is 30.4 Å². The molecule has 2 fully saturated rings. The molecular formula is C24H33N5O. The number of amides is 1. The smallest absolute Gasteiger partial charge is 0.274 e. The molecule has 3 heterocycles. The van der Waals surface area contributed by atoms with E-state index in [1.54, 1.807) is 18.6 Å². The largest absolute Gasteiger partial charge is 0.333 e. The molecule has 1 saturated heterocycles. The minimum absolute atomic E-state index is 0.0406. The Kier molecular flexibility index (Phi) is 7.05. The number of nitrogens with zero attached hydrogens (tertiary/aromatic N) is 5. The van der Waals surface area contributed by atoms with Crippen LogP contribution in [0.2, 0.25) is 0 Å². The molecule has 1 amide bonds. The number of hydrogen-bond acceptors (Lipinski definition) is 5. The Morgan fingerprint density at radius 1 is 1.10 bits per heavy atom. The maximum Gasteiger partial charge on any atom is 0.274 e. The second-order valence-corrected chi connectivity index (χ2v) is 8.88. The lowest BCUT2D eigenvalue weighted by molar-refractivity contribution is 0.0578. The van der Waals surface area contributed by atoms with Gasteiger partial charge < -0.3 is 9.80 Å². The number of aryl methyl sites for hydroxylation is 1. The van der Waals surface area contributed by atoms with Gasteiger partial charge in [-0.25, -0.2) is 4.98 Å². The van der Waals surface area contributed by atoms with E-state index in [1.165, 1.54) is 51.5 Å². The van der Waals surface area contributed by atoms with Crippen molar-refractivity contribution < 1.29 is 4.79 Å². The number of aromatic nitrogens is 3. The van der Waals surface area contributed by atoms with Crippen molar-refractivity contribution in [1.82, 2.24) is 24.8 Å². The highest BCUT2D eigenvalue weighted by molar-refractivity contribution is 5.92. The van der Waals surface area contributed by atoms with Gasteiger partial charge in [0.1, 0.15) is 5.69 Å². The van der Waals surface area contributed by atoms with Crippen molar-refractivity contribution in [2.75, 3.05) is 19.6 Å². The van der Waals surface area contributed by atoms with Gasteiger partial charge in [0.2, 0.25) is 0 Å². The van der Waals surface area contributed by atoms with Gasteiger partial charge in [0.15, 0.2) is 0 Å². The van der Waals surface area contributed by atoms with E-state index in [1.807, 2.05) is 30.2 Å². The average molecular weight is 408 g/mol. The highest BCUT2D eigenvalue weighted by Crippen LogP contribution is 2.28. The number of pyridine rings is 1. The van der Waals surface area contributed by atoms with Crippen LogP contribution in [0.3, 0.4) is 0 Å². The monoisotopic (exact) mass is 407 g/mol. The zero-order chi connectivity index (χ0) is 20.8. The van der Waals surface area contributed by atoms with Gasteiger partial charge in [-0.1, -0.05) is 25.3 Å². The van der Waals surface area contributed by atoms with E-state index in [-0.39, 0.29) is 5.91 Å². The van der Waals surface area contributed by atoms with E-state index in [9.17, 15) is 4.79 Å². The van der Waals surface area contributed by atoms with Crippen LogP contribution < -0.4 is 0 Å². The Labute approximate surface area is 179 Å². The molecule has 1 unspecified atom stereocenters. The van der Waals surface area contributed by atoms with Crippen LogP contribution in [0.5, 0.6) is 0 Å². The van der Waals surface area contributed by atoms with Crippen LogP contribution in [0.1, 0.15) is 66.7 Å². The Morgan fingerprint density at radius 3 is 2.70 bits per heavy atom. The summed E-state index contributed by atoms with van der Waals surface area (Å²) in [6.45, 7) is 5.51. The van der Waals surface area contributed by atoms with E-state index in [2.05, 4.69) is 19.9 Å².